The van der Waals surface area contributed by atoms with Crippen LogP contribution in [0.5, 0.6) is 17.2 Å². The molecule has 0 aromatic heterocycles. The second-order valence-corrected chi connectivity index (χ2v) is 5.69. The monoisotopic (exact) mass is 345 g/mol. The average Bonchev–Trinajstić information content (AvgIpc) is 2.70. The van der Waals surface area contributed by atoms with Gasteiger partial charge in [-0.2, -0.15) is 5.26 Å². The number of fused-ring (bicyclic) bond motifs is 1. The van der Waals surface area contributed by atoms with Crippen LogP contribution in [0.25, 0.3) is 22.4 Å². The van der Waals surface area contributed by atoms with Gasteiger partial charge < -0.3 is 14.2 Å². The zero-order valence-corrected chi connectivity index (χ0v) is 14.9. The highest BCUT2D eigenvalue weighted by Gasteiger charge is 2.15. The molecule has 0 heterocycles. The maximum absolute atomic E-state index is 9.68. The lowest BCUT2D eigenvalue weighted by molar-refractivity contribution is 0.324. The van der Waals surface area contributed by atoms with Crippen molar-refractivity contribution in [1.29, 1.82) is 5.26 Å². The van der Waals surface area contributed by atoms with E-state index in [4.69, 9.17) is 14.2 Å². The lowest BCUT2D eigenvalue weighted by Crippen LogP contribution is -1.96. The number of benzene rings is 3. The van der Waals surface area contributed by atoms with Crippen molar-refractivity contribution in [2.24, 2.45) is 0 Å². The van der Waals surface area contributed by atoms with Crippen molar-refractivity contribution < 1.29 is 14.2 Å². The fraction of sp³-hybridized carbons (Fsp3) is 0.136. The molecule has 0 amide bonds. The third-order valence-corrected chi connectivity index (χ3v) is 4.18. The highest BCUT2D eigenvalue weighted by atomic mass is 16.5. The molecule has 26 heavy (non-hydrogen) atoms. The molecule has 3 aromatic rings. The molecule has 0 radical (unpaired) electrons. The van der Waals surface area contributed by atoms with Crippen LogP contribution in [-0.4, -0.2) is 21.3 Å². The van der Waals surface area contributed by atoms with E-state index in [0.717, 1.165) is 16.3 Å². The lowest BCUT2D eigenvalue weighted by Gasteiger charge is -2.13. The van der Waals surface area contributed by atoms with Gasteiger partial charge in [0.2, 0.25) is 5.75 Å². The minimum Gasteiger partial charge on any atom is -0.493 e. The number of ether oxygens (including phenoxy) is 3. The Hall–Kier alpha value is -3.45. The quantitative estimate of drug-likeness (QED) is 0.486. The number of hydrogen-bond donors (Lipinski definition) is 0. The molecule has 3 aromatic carbocycles. The van der Waals surface area contributed by atoms with Crippen LogP contribution in [0, 0.1) is 11.3 Å². The van der Waals surface area contributed by atoms with Crippen LogP contribution in [0.1, 0.15) is 11.1 Å². The average molecular weight is 345 g/mol. The summed E-state index contributed by atoms with van der Waals surface area (Å²) in [4.78, 5) is 0. The van der Waals surface area contributed by atoms with Gasteiger partial charge in [0.1, 0.15) is 0 Å². The van der Waals surface area contributed by atoms with Crippen molar-refractivity contribution >= 4 is 22.4 Å². The van der Waals surface area contributed by atoms with E-state index in [1.807, 2.05) is 30.3 Å². The summed E-state index contributed by atoms with van der Waals surface area (Å²) in [5.74, 6) is 1.53. The highest BCUT2D eigenvalue weighted by Crippen LogP contribution is 2.40. The molecule has 0 spiro atoms. The van der Waals surface area contributed by atoms with Gasteiger partial charge in [0.15, 0.2) is 11.5 Å². The standard InChI is InChI=1S/C22H19NO3/c1-24-20-12-18(13-21(25-2)22(20)26-3)19(14-23)11-15-8-9-16-6-4-5-7-17(16)10-15/h4-13H,1-3H3/b19-11+. The van der Waals surface area contributed by atoms with Crippen LogP contribution >= 0.6 is 0 Å². The van der Waals surface area contributed by atoms with Crippen molar-refractivity contribution in [3.8, 4) is 23.3 Å². The maximum Gasteiger partial charge on any atom is 0.203 e. The Balaban J connectivity index is 2.10. The SMILES string of the molecule is COc1cc(/C(C#N)=C/c2ccc3ccccc3c2)cc(OC)c1OC. The van der Waals surface area contributed by atoms with E-state index < -0.39 is 0 Å². The molecule has 0 saturated heterocycles. The third kappa shape index (κ3) is 3.33. The molecule has 0 aliphatic rings. The summed E-state index contributed by atoms with van der Waals surface area (Å²) in [7, 11) is 4.66. The molecule has 0 fully saturated rings. The van der Waals surface area contributed by atoms with E-state index in [-0.39, 0.29) is 0 Å². The predicted molar refractivity (Wildman–Crippen MR) is 104 cm³/mol. The smallest absolute Gasteiger partial charge is 0.203 e. The number of methoxy groups -OCH3 is 3. The Kier molecular flexibility index (Phi) is 5.09. The lowest BCUT2D eigenvalue weighted by atomic mass is 10.0. The van der Waals surface area contributed by atoms with Crippen molar-refractivity contribution in [3.05, 3.63) is 65.7 Å². The number of nitrogens with zero attached hydrogens (tertiary/aromatic N) is 1. The van der Waals surface area contributed by atoms with Crippen molar-refractivity contribution in [1.82, 2.24) is 0 Å². The van der Waals surface area contributed by atoms with Gasteiger partial charge in [0.05, 0.1) is 33.0 Å². The first-order chi connectivity index (χ1) is 12.7. The summed E-state index contributed by atoms with van der Waals surface area (Å²) in [5.41, 5.74) is 2.17. The van der Waals surface area contributed by atoms with Gasteiger partial charge in [-0.1, -0.05) is 36.4 Å². The number of allylic oxidation sites excluding steroid dienone is 1. The fourth-order valence-corrected chi connectivity index (χ4v) is 2.88. The van der Waals surface area contributed by atoms with Gasteiger partial charge in [-0.3, -0.25) is 0 Å². The van der Waals surface area contributed by atoms with Crippen molar-refractivity contribution in [2.45, 2.75) is 0 Å². The summed E-state index contributed by atoms with van der Waals surface area (Å²) < 4.78 is 16.1. The molecule has 0 aliphatic carbocycles. The molecule has 0 aliphatic heterocycles. The normalized spacial score (nSPS) is 11.1. The fourth-order valence-electron chi connectivity index (χ4n) is 2.88. The highest BCUT2D eigenvalue weighted by molar-refractivity contribution is 5.93. The van der Waals surface area contributed by atoms with E-state index in [1.165, 1.54) is 0 Å². The summed E-state index contributed by atoms with van der Waals surface area (Å²) in [5, 5.41) is 12.0. The molecule has 3 rings (SSSR count). The maximum atomic E-state index is 9.68. The van der Waals surface area contributed by atoms with E-state index in [9.17, 15) is 5.26 Å². The number of nitriles is 1. The van der Waals surface area contributed by atoms with Crippen molar-refractivity contribution in [3.63, 3.8) is 0 Å². The Labute approximate surface area is 152 Å². The first kappa shape index (κ1) is 17.4. The van der Waals surface area contributed by atoms with Crippen LogP contribution in [0.2, 0.25) is 0 Å². The van der Waals surface area contributed by atoms with E-state index in [0.29, 0.717) is 28.4 Å². The number of hydrogen-bond acceptors (Lipinski definition) is 4. The van der Waals surface area contributed by atoms with E-state index >= 15 is 0 Å². The van der Waals surface area contributed by atoms with Gasteiger partial charge in [0, 0.05) is 0 Å². The molecule has 4 heteroatoms. The second-order valence-electron chi connectivity index (χ2n) is 5.69. The minimum absolute atomic E-state index is 0.502. The Morgan fingerprint density at radius 1 is 0.846 bits per heavy atom. The molecule has 0 N–H and O–H groups in total. The Morgan fingerprint density at radius 2 is 1.50 bits per heavy atom. The summed E-state index contributed by atoms with van der Waals surface area (Å²) in [6.07, 6.45) is 1.85. The van der Waals surface area contributed by atoms with E-state index in [2.05, 4.69) is 24.3 Å². The molecular weight excluding hydrogens is 326 g/mol. The zero-order chi connectivity index (χ0) is 18.5. The summed E-state index contributed by atoms with van der Waals surface area (Å²) in [6.45, 7) is 0. The molecule has 4 nitrogen and oxygen atoms in total. The molecule has 0 atom stereocenters. The van der Waals surface area contributed by atoms with Gasteiger partial charge in [0.25, 0.3) is 0 Å². The van der Waals surface area contributed by atoms with Crippen LogP contribution in [-0.2, 0) is 0 Å². The van der Waals surface area contributed by atoms with Crippen LogP contribution in [0.15, 0.2) is 54.6 Å². The first-order valence-corrected chi connectivity index (χ1v) is 8.11. The van der Waals surface area contributed by atoms with E-state index in [1.54, 1.807) is 33.5 Å². The molecular formula is C22H19NO3. The third-order valence-electron chi connectivity index (χ3n) is 4.18. The van der Waals surface area contributed by atoms with Gasteiger partial charge in [-0.25, -0.2) is 0 Å². The topological polar surface area (TPSA) is 51.5 Å². The van der Waals surface area contributed by atoms with Crippen LogP contribution in [0.4, 0.5) is 0 Å². The first-order valence-electron chi connectivity index (χ1n) is 8.11. The molecule has 130 valence electrons. The Bertz CT molecular complexity index is 990. The molecule has 0 bridgehead atoms. The Morgan fingerprint density at radius 3 is 2.08 bits per heavy atom. The largest absolute Gasteiger partial charge is 0.493 e. The second kappa shape index (κ2) is 7.62. The number of rotatable bonds is 5. The molecule has 0 unspecified atom stereocenters. The van der Waals surface area contributed by atoms with Gasteiger partial charge in [-0.15, -0.1) is 0 Å². The molecule has 0 saturated carbocycles. The predicted octanol–water partition coefficient (Wildman–Crippen LogP) is 4.93. The van der Waals surface area contributed by atoms with Crippen LogP contribution in [0.3, 0.4) is 0 Å². The van der Waals surface area contributed by atoms with Crippen LogP contribution < -0.4 is 14.2 Å². The van der Waals surface area contributed by atoms with Gasteiger partial charge in [-0.05, 0) is 46.2 Å². The zero-order valence-electron chi connectivity index (χ0n) is 14.9. The summed E-state index contributed by atoms with van der Waals surface area (Å²) in [6, 6.07) is 20.0. The summed E-state index contributed by atoms with van der Waals surface area (Å²) >= 11 is 0. The minimum atomic E-state index is 0.502. The van der Waals surface area contributed by atoms with Gasteiger partial charge >= 0.3 is 0 Å². The van der Waals surface area contributed by atoms with Crippen molar-refractivity contribution in [2.75, 3.05) is 21.3 Å².